The van der Waals surface area contributed by atoms with Gasteiger partial charge in [-0.3, -0.25) is 10.1 Å². The van der Waals surface area contributed by atoms with Crippen molar-refractivity contribution in [2.75, 3.05) is 0 Å². The van der Waals surface area contributed by atoms with Crippen molar-refractivity contribution < 1.29 is 14.8 Å². The van der Waals surface area contributed by atoms with Crippen molar-refractivity contribution in [3.05, 3.63) is 63.7 Å². The fourth-order valence-corrected chi connectivity index (χ4v) is 1.76. The predicted molar refractivity (Wildman–Crippen MR) is 70.3 cm³/mol. The highest BCUT2D eigenvalue weighted by Crippen LogP contribution is 2.32. The van der Waals surface area contributed by atoms with Crippen LogP contribution in [0.5, 0.6) is 11.5 Å². The van der Waals surface area contributed by atoms with E-state index in [4.69, 9.17) is 4.74 Å². The molecule has 19 heavy (non-hydrogen) atoms. The van der Waals surface area contributed by atoms with Crippen LogP contribution >= 0.6 is 0 Å². The Morgan fingerprint density at radius 2 is 1.84 bits per heavy atom. The molecule has 0 bridgehead atoms. The summed E-state index contributed by atoms with van der Waals surface area (Å²) >= 11 is 0. The van der Waals surface area contributed by atoms with Gasteiger partial charge in [0.1, 0.15) is 11.5 Å². The first-order valence-corrected chi connectivity index (χ1v) is 5.74. The molecule has 0 atom stereocenters. The van der Waals surface area contributed by atoms with Crippen molar-refractivity contribution in [2.24, 2.45) is 0 Å². The molecule has 0 heterocycles. The second-order valence-electron chi connectivity index (χ2n) is 4.03. The van der Waals surface area contributed by atoms with Gasteiger partial charge in [0.15, 0.2) is 0 Å². The minimum absolute atomic E-state index is 0.0129. The van der Waals surface area contributed by atoms with Gasteiger partial charge in [-0.1, -0.05) is 24.3 Å². The third kappa shape index (κ3) is 2.71. The molecule has 0 saturated carbocycles. The average Bonchev–Trinajstić information content (AvgIpc) is 2.41. The van der Waals surface area contributed by atoms with Crippen LogP contribution in [0.3, 0.4) is 0 Å². The molecule has 0 spiro atoms. The highest BCUT2D eigenvalue weighted by Gasteiger charge is 2.15. The average molecular weight is 259 g/mol. The SMILES string of the molecule is Cc1c(Oc2ccccc2CO)cccc1[N+](=O)[O-]. The Bertz CT molecular complexity index is 610. The summed E-state index contributed by atoms with van der Waals surface area (Å²) in [6.07, 6.45) is 0. The van der Waals surface area contributed by atoms with Crippen LogP contribution in [-0.4, -0.2) is 10.0 Å². The smallest absolute Gasteiger partial charge is 0.276 e. The summed E-state index contributed by atoms with van der Waals surface area (Å²) in [5.74, 6) is 0.906. The summed E-state index contributed by atoms with van der Waals surface area (Å²) in [4.78, 5) is 10.4. The molecule has 0 radical (unpaired) electrons. The van der Waals surface area contributed by atoms with E-state index in [0.717, 1.165) is 0 Å². The molecule has 0 aliphatic rings. The Balaban J connectivity index is 2.39. The Morgan fingerprint density at radius 1 is 1.16 bits per heavy atom. The molecule has 0 amide bonds. The van der Waals surface area contributed by atoms with Gasteiger partial charge in [-0.25, -0.2) is 0 Å². The molecule has 0 aliphatic carbocycles. The summed E-state index contributed by atoms with van der Waals surface area (Å²) < 4.78 is 5.66. The van der Waals surface area contributed by atoms with Crippen molar-refractivity contribution in [1.82, 2.24) is 0 Å². The van der Waals surface area contributed by atoms with Crippen molar-refractivity contribution in [1.29, 1.82) is 0 Å². The summed E-state index contributed by atoms with van der Waals surface area (Å²) in [6, 6.07) is 11.7. The molecule has 1 N–H and O–H groups in total. The van der Waals surface area contributed by atoms with E-state index in [1.807, 2.05) is 0 Å². The molecule has 0 aliphatic heterocycles. The second kappa shape index (κ2) is 5.49. The minimum Gasteiger partial charge on any atom is -0.456 e. The number of para-hydroxylation sites is 1. The van der Waals surface area contributed by atoms with Crippen molar-refractivity contribution in [3.63, 3.8) is 0 Å². The quantitative estimate of drug-likeness (QED) is 0.676. The Kier molecular flexibility index (Phi) is 3.77. The maximum absolute atomic E-state index is 10.9. The fourth-order valence-electron chi connectivity index (χ4n) is 1.76. The van der Waals surface area contributed by atoms with Gasteiger partial charge in [0.05, 0.1) is 17.1 Å². The number of aliphatic hydroxyl groups excluding tert-OH is 1. The van der Waals surface area contributed by atoms with Gasteiger partial charge in [-0.05, 0) is 19.1 Å². The van der Waals surface area contributed by atoms with Gasteiger partial charge < -0.3 is 9.84 Å². The Labute approximate surface area is 110 Å². The Hall–Kier alpha value is -2.40. The lowest BCUT2D eigenvalue weighted by Gasteiger charge is -2.11. The van der Waals surface area contributed by atoms with E-state index in [0.29, 0.717) is 22.6 Å². The number of nitro groups is 1. The summed E-state index contributed by atoms with van der Waals surface area (Å²) in [7, 11) is 0. The van der Waals surface area contributed by atoms with E-state index in [2.05, 4.69) is 0 Å². The highest BCUT2D eigenvalue weighted by molar-refractivity contribution is 5.50. The van der Waals surface area contributed by atoms with Gasteiger partial charge in [0.25, 0.3) is 5.69 Å². The van der Waals surface area contributed by atoms with Gasteiger partial charge in [0, 0.05) is 11.6 Å². The predicted octanol–water partition coefficient (Wildman–Crippen LogP) is 3.19. The van der Waals surface area contributed by atoms with Crippen LogP contribution in [0, 0.1) is 17.0 Å². The van der Waals surface area contributed by atoms with Crippen LogP contribution < -0.4 is 4.74 Å². The maximum atomic E-state index is 10.9. The molecule has 0 unspecified atom stereocenters. The topological polar surface area (TPSA) is 72.6 Å². The second-order valence-corrected chi connectivity index (χ2v) is 4.03. The number of ether oxygens (including phenoxy) is 1. The van der Waals surface area contributed by atoms with E-state index in [1.54, 1.807) is 43.3 Å². The number of hydrogen-bond acceptors (Lipinski definition) is 4. The lowest BCUT2D eigenvalue weighted by Crippen LogP contribution is -1.96. The van der Waals surface area contributed by atoms with Crippen LogP contribution in [0.4, 0.5) is 5.69 Å². The van der Waals surface area contributed by atoms with Crippen LogP contribution in [0.1, 0.15) is 11.1 Å². The molecular formula is C14H13NO4. The summed E-state index contributed by atoms with van der Waals surface area (Å²) in [6.45, 7) is 1.49. The van der Waals surface area contributed by atoms with E-state index in [-0.39, 0.29) is 12.3 Å². The van der Waals surface area contributed by atoms with E-state index in [9.17, 15) is 15.2 Å². The standard InChI is InChI=1S/C14H13NO4/c1-10-12(15(17)18)6-4-8-13(10)19-14-7-3-2-5-11(14)9-16/h2-8,16H,9H2,1H3. The molecule has 0 aromatic heterocycles. The normalized spacial score (nSPS) is 10.2. The maximum Gasteiger partial charge on any atom is 0.276 e. The number of benzene rings is 2. The molecular weight excluding hydrogens is 246 g/mol. The van der Waals surface area contributed by atoms with E-state index >= 15 is 0 Å². The zero-order valence-corrected chi connectivity index (χ0v) is 10.4. The largest absolute Gasteiger partial charge is 0.456 e. The van der Waals surface area contributed by atoms with Crippen LogP contribution in [0.25, 0.3) is 0 Å². The molecule has 5 nitrogen and oxygen atoms in total. The van der Waals surface area contributed by atoms with Gasteiger partial charge in [-0.15, -0.1) is 0 Å². The number of nitro benzene ring substituents is 1. The molecule has 2 aromatic rings. The lowest BCUT2D eigenvalue weighted by atomic mass is 10.1. The first-order valence-electron chi connectivity index (χ1n) is 5.74. The lowest BCUT2D eigenvalue weighted by molar-refractivity contribution is -0.385. The molecule has 5 heteroatoms. The first kappa shape index (κ1) is 13.0. The van der Waals surface area contributed by atoms with Crippen molar-refractivity contribution >= 4 is 5.69 Å². The Morgan fingerprint density at radius 3 is 2.53 bits per heavy atom. The number of hydrogen-bond donors (Lipinski definition) is 1. The zero-order valence-electron chi connectivity index (χ0n) is 10.4. The zero-order chi connectivity index (χ0) is 13.8. The molecule has 2 rings (SSSR count). The highest BCUT2D eigenvalue weighted by atomic mass is 16.6. The molecule has 0 saturated heterocycles. The van der Waals surface area contributed by atoms with Crippen LogP contribution in [0.15, 0.2) is 42.5 Å². The molecule has 2 aromatic carbocycles. The molecule has 98 valence electrons. The van der Waals surface area contributed by atoms with Gasteiger partial charge in [-0.2, -0.15) is 0 Å². The number of rotatable bonds is 4. The van der Waals surface area contributed by atoms with Crippen LogP contribution in [0.2, 0.25) is 0 Å². The van der Waals surface area contributed by atoms with Crippen LogP contribution in [-0.2, 0) is 6.61 Å². The monoisotopic (exact) mass is 259 g/mol. The summed E-state index contributed by atoms with van der Waals surface area (Å²) in [5.41, 5.74) is 1.10. The van der Waals surface area contributed by atoms with E-state index < -0.39 is 4.92 Å². The number of aliphatic hydroxyl groups is 1. The number of nitrogens with zero attached hydrogens (tertiary/aromatic N) is 1. The first-order chi connectivity index (χ1) is 9.13. The van der Waals surface area contributed by atoms with Crippen molar-refractivity contribution in [2.45, 2.75) is 13.5 Å². The van der Waals surface area contributed by atoms with E-state index in [1.165, 1.54) is 6.07 Å². The van der Waals surface area contributed by atoms with Gasteiger partial charge >= 0.3 is 0 Å². The minimum atomic E-state index is -0.444. The fraction of sp³-hybridized carbons (Fsp3) is 0.143. The third-order valence-corrected chi connectivity index (χ3v) is 2.82. The van der Waals surface area contributed by atoms with Crippen molar-refractivity contribution in [3.8, 4) is 11.5 Å². The van der Waals surface area contributed by atoms with Gasteiger partial charge in [0.2, 0.25) is 0 Å². The third-order valence-electron chi connectivity index (χ3n) is 2.82. The summed E-state index contributed by atoms with van der Waals surface area (Å²) in [5, 5.41) is 20.1. The molecule has 0 fully saturated rings.